The molecule has 4 heteroatoms. The Kier molecular flexibility index (Phi) is 4.48. The van der Waals surface area contributed by atoms with Gasteiger partial charge in [-0.1, -0.05) is 38.8 Å². The smallest absolute Gasteiger partial charge is 0.318 e. The molecule has 0 aromatic carbocycles. The summed E-state index contributed by atoms with van der Waals surface area (Å²) < 4.78 is 0. The van der Waals surface area contributed by atoms with Crippen LogP contribution < -0.4 is 0 Å². The number of hydrogen-bond acceptors (Lipinski definition) is 1. The third kappa shape index (κ3) is 3.20. The lowest BCUT2D eigenvalue weighted by atomic mass is 10.2. The van der Waals surface area contributed by atoms with Gasteiger partial charge in [0.15, 0.2) is 0 Å². The van der Waals surface area contributed by atoms with Gasteiger partial charge in [-0.2, -0.15) is 0 Å². The highest BCUT2D eigenvalue weighted by molar-refractivity contribution is 9.12. The molecule has 0 saturated heterocycles. The van der Waals surface area contributed by atoms with Crippen LogP contribution in [-0.2, 0) is 4.79 Å². The Labute approximate surface area is 70.9 Å². The zero-order valence-corrected chi connectivity index (χ0v) is 8.15. The van der Waals surface area contributed by atoms with Crippen molar-refractivity contribution in [2.24, 2.45) is 0 Å². The molecule has 0 amide bonds. The van der Waals surface area contributed by atoms with E-state index in [0.717, 1.165) is 6.42 Å². The van der Waals surface area contributed by atoms with Gasteiger partial charge in [0.25, 0.3) is 0 Å². The first-order chi connectivity index (χ1) is 4.09. The van der Waals surface area contributed by atoms with Crippen molar-refractivity contribution >= 4 is 37.8 Å². The second kappa shape index (κ2) is 4.28. The molecule has 2 nitrogen and oxygen atoms in total. The topological polar surface area (TPSA) is 37.3 Å². The minimum absolute atomic E-state index is 0.0231. The molecule has 2 atom stereocenters. The maximum atomic E-state index is 10.2. The molecule has 0 unspecified atom stereocenters. The quantitative estimate of drug-likeness (QED) is 0.788. The molecule has 1 N–H and O–H groups in total. The molecule has 0 fully saturated rings. The van der Waals surface area contributed by atoms with Gasteiger partial charge in [0.2, 0.25) is 0 Å². The van der Waals surface area contributed by atoms with Crippen molar-refractivity contribution in [3.63, 3.8) is 0 Å². The molecule has 0 aliphatic heterocycles. The molecule has 0 aromatic rings. The summed E-state index contributed by atoms with van der Waals surface area (Å²) in [6.07, 6.45) is 0.808. The van der Waals surface area contributed by atoms with Crippen LogP contribution in [0.5, 0.6) is 0 Å². The monoisotopic (exact) mass is 258 g/mol. The van der Waals surface area contributed by atoms with E-state index in [9.17, 15) is 4.79 Å². The highest BCUT2D eigenvalue weighted by Crippen LogP contribution is 2.17. The Balaban J connectivity index is 3.72. The second-order valence-electron chi connectivity index (χ2n) is 1.66. The molecule has 0 spiro atoms. The SMILES string of the molecule is CC[C@H](Br)[C@H](Br)C(=O)O. The van der Waals surface area contributed by atoms with E-state index in [1.807, 2.05) is 6.92 Å². The molecule has 0 aliphatic rings. The minimum Gasteiger partial charge on any atom is -0.480 e. The number of aliphatic carboxylic acids is 1. The van der Waals surface area contributed by atoms with Crippen molar-refractivity contribution in [1.29, 1.82) is 0 Å². The summed E-state index contributed by atoms with van der Waals surface area (Å²) in [6.45, 7) is 1.93. The molecule has 0 heterocycles. The Morgan fingerprint density at radius 2 is 2.11 bits per heavy atom. The number of alkyl halides is 2. The van der Waals surface area contributed by atoms with Crippen LogP contribution in [0.1, 0.15) is 13.3 Å². The minimum atomic E-state index is -0.821. The first-order valence-electron chi connectivity index (χ1n) is 2.60. The average molecular weight is 260 g/mol. The molecule has 0 aliphatic carbocycles. The van der Waals surface area contributed by atoms with Gasteiger partial charge in [0.1, 0.15) is 4.83 Å². The molecule has 0 aromatic heterocycles. The third-order valence-electron chi connectivity index (χ3n) is 0.943. The second-order valence-corrected chi connectivity index (χ2v) is 3.83. The van der Waals surface area contributed by atoms with E-state index in [2.05, 4.69) is 31.9 Å². The van der Waals surface area contributed by atoms with E-state index >= 15 is 0 Å². The lowest BCUT2D eigenvalue weighted by Crippen LogP contribution is -2.22. The molecule has 54 valence electrons. The number of carboxylic acid groups (broad SMARTS) is 1. The molecule has 0 bridgehead atoms. The van der Waals surface area contributed by atoms with Gasteiger partial charge in [0, 0.05) is 4.83 Å². The van der Waals surface area contributed by atoms with Crippen LogP contribution in [0, 0.1) is 0 Å². The van der Waals surface area contributed by atoms with Gasteiger partial charge < -0.3 is 5.11 Å². The number of carboxylic acids is 1. The highest BCUT2D eigenvalue weighted by atomic mass is 79.9. The highest BCUT2D eigenvalue weighted by Gasteiger charge is 2.20. The van der Waals surface area contributed by atoms with Crippen molar-refractivity contribution in [2.45, 2.75) is 23.0 Å². The Morgan fingerprint density at radius 1 is 1.67 bits per heavy atom. The largest absolute Gasteiger partial charge is 0.480 e. The first-order valence-corrected chi connectivity index (χ1v) is 4.43. The number of halogens is 2. The van der Waals surface area contributed by atoms with Crippen LogP contribution in [0.3, 0.4) is 0 Å². The predicted molar refractivity (Wildman–Crippen MR) is 43.4 cm³/mol. The van der Waals surface area contributed by atoms with Crippen LogP contribution in [-0.4, -0.2) is 20.7 Å². The molecular formula is C5H8Br2O2. The molecule has 0 radical (unpaired) electrons. The van der Waals surface area contributed by atoms with Crippen LogP contribution in [0.15, 0.2) is 0 Å². The fourth-order valence-corrected chi connectivity index (χ4v) is 0.962. The van der Waals surface area contributed by atoms with Gasteiger partial charge in [0.05, 0.1) is 0 Å². The number of rotatable bonds is 3. The van der Waals surface area contributed by atoms with Gasteiger partial charge in [-0.25, -0.2) is 0 Å². The molecular weight excluding hydrogens is 252 g/mol. The van der Waals surface area contributed by atoms with Crippen molar-refractivity contribution in [3.8, 4) is 0 Å². The molecule has 0 saturated carbocycles. The third-order valence-corrected chi connectivity index (χ3v) is 3.86. The fraction of sp³-hybridized carbons (Fsp3) is 0.800. The van der Waals surface area contributed by atoms with Crippen molar-refractivity contribution < 1.29 is 9.90 Å². The zero-order valence-electron chi connectivity index (χ0n) is 4.97. The van der Waals surface area contributed by atoms with Gasteiger partial charge in [-0.05, 0) is 6.42 Å². The standard InChI is InChI=1S/C5H8Br2O2/c1-2-3(6)4(7)5(8)9/h3-4H,2H2,1H3,(H,8,9)/t3-,4-/m0/s1. The predicted octanol–water partition coefficient (Wildman–Crippen LogP) is 2.01. The lowest BCUT2D eigenvalue weighted by Gasteiger charge is -2.08. The molecule has 9 heavy (non-hydrogen) atoms. The van der Waals surface area contributed by atoms with E-state index in [4.69, 9.17) is 5.11 Å². The van der Waals surface area contributed by atoms with Crippen LogP contribution >= 0.6 is 31.9 Å². The van der Waals surface area contributed by atoms with E-state index in [-0.39, 0.29) is 4.83 Å². The average Bonchev–Trinajstić information content (AvgIpc) is 1.84. The van der Waals surface area contributed by atoms with Crippen molar-refractivity contribution in [2.75, 3.05) is 0 Å². The number of carbonyl (C=O) groups is 1. The van der Waals surface area contributed by atoms with Gasteiger partial charge >= 0.3 is 5.97 Å². The Morgan fingerprint density at radius 3 is 2.22 bits per heavy atom. The van der Waals surface area contributed by atoms with E-state index < -0.39 is 10.8 Å². The summed E-state index contributed by atoms with van der Waals surface area (Å²) in [4.78, 5) is 9.78. The summed E-state index contributed by atoms with van der Waals surface area (Å²) >= 11 is 6.24. The maximum Gasteiger partial charge on any atom is 0.318 e. The normalized spacial score (nSPS) is 16.8. The van der Waals surface area contributed by atoms with Gasteiger partial charge in [-0.3, -0.25) is 4.79 Å². The Bertz CT molecular complexity index is 105. The van der Waals surface area contributed by atoms with E-state index in [1.54, 1.807) is 0 Å². The summed E-state index contributed by atoms with van der Waals surface area (Å²) in [5.74, 6) is -0.821. The summed E-state index contributed by atoms with van der Waals surface area (Å²) in [7, 11) is 0. The van der Waals surface area contributed by atoms with Crippen molar-refractivity contribution in [3.05, 3.63) is 0 Å². The van der Waals surface area contributed by atoms with E-state index in [1.165, 1.54) is 0 Å². The fourth-order valence-electron chi connectivity index (χ4n) is 0.362. The Hall–Kier alpha value is 0.430. The lowest BCUT2D eigenvalue weighted by molar-refractivity contribution is -0.136. The van der Waals surface area contributed by atoms with Crippen LogP contribution in [0.4, 0.5) is 0 Å². The molecule has 0 rings (SSSR count). The number of hydrogen-bond donors (Lipinski definition) is 1. The van der Waals surface area contributed by atoms with Crippen molar-refractivity contribution in [1.82, 2.24) is 0 Å². The zero-order chi connectivity index (χ0) is 7.44. The van der Waals surface area contributed by atoms with E-state index in [0.29, 0.717) is 0 Å². The summed E-state index contributed by atoms with van der Waals surface area (Å²) in [5, 5.41) is 8.41. The van der Waals surface area contributed by atoms with Gasteiger partial charge in [-0.15, -0.1) is 0 Å². The van der Waals surface area contributed by atoms with Crippen LogP contribution in [0.2, 0.25) is 0 Å². The summed E-state index contributed by atoms with van der Waals surface area (Å²) in [6, 6.07) is 0. The summed E-state index contributed by atoms with van der Waals surface area (Å²) in [5.41, 5.74) is 0. The first kappa shape index (κ1) is 9.43. The van der Waals surface area contributed by atoms with Crippen LogP contribution in [0.25, 0.3) is 0 Å². The maximum absolute atomic E-state index is 10.2.